The third-order valence-electron chi connectivity index (χ3n) is 6.45. The fourth-order valence-electron chi connectivity index (χ4n) is 4.83. The second-order valence-electron chi connectivity index (χ2n) is 8.86. The van der Waals surface area contributed by atoms with Crippen LogP contribution < -0.4 is 0 Å². The summed E-state index contributed by atoms with van der Waals surface area (Å²) in [6.07, 6.45) is 3.65. The quantitative estimate of drug-likeness (QED) is 0.635. The molecule has 2 rings (SSSR count). The number of piperazine rings is 1. The van der Waals surface area contributed by atoms with Crippen LogP contribution in [0, 0.1) is 5.92 Å². The van der Waals surface area contributed by atoms with Crippen molar-refractivity contribution in [2.75, 3.05) is 39.3 Å². The minimum Gasteiger partial charge on any atom is -0.480 e. The van der Waals surface area contributed by atoms with Crippen LogP contribution in [-0.4, -0.2) is 99.4 Å². The van der Waals surface area contributed by atoms with Crippen LogP contribution in [0.2, 0.25) is 0 Å². The van der Waals surface area contributed by atoms with Gasteiger partial charge in [0.25, 0.3) is 0 Å². The van der Waals surface area contributed by atoms with Gasteiger partial charge in [-0.05, 0) is 37.8 Å². The lowest BCUT2D eigenvalue weighted by molar-refractivity contribution is -0.149. The molecule has 0 aromatic heterocycles. The molecule has 9 nitrogen and oxygen atoms in total. The average molecular weight is 437 g/mol. The van der Waals surface area contributed by atoms with Gasteiger partial charge in [-0.1, -0.05) is 27.4 Å². The van der Waals surface area contributed by atoms with Crippen LogP contribution >= 0.6 is 0 Å². The number of piperidine rings is 1. The number of hydrogen-bond donors (Lipinski definition) is 1. The maximum atomic E-state index is 13.2. The molecule has 174 valence electrons. The molecule has 1 spiro atoms. The zero-order valence-electron chi connectivity index (χ0n) is 19.2. The van der Waals surface area contributed by atoms with E-state index in [0.717, 1.165) is 24.4 Å². The van der Waals surface area contributed by atoms with E-state index in [-0.39, 0.29) is 11.4 Å². The van der Waals surface area contributed by atoms with Gasteiger partial charge < -0.3 is 14.9 Å². The molecule has 0 aromatic rings. The number of carboxylic acids is 1. The van der Waals surface area contributed by atoms with Gasteiger partial charge >= 0.3 is 12.0 Å². The molecule has 0 aliphatic carbocycles. The predicted octanol–water partition coefficient (Wildman–Crippen LogP) is 1.64. The molecule has 31 heavy (non-hydrogen) atoms. The van der Waals surface area contributed by atoms with E-state index in [1.54, 1.807) is 18.7 Å². The number of carboxylic acid groups (broad SMARTS) is 1. The monoisotopic (exact) mass is 436 g/mol. The van der Waals surface area contributed by atoms with Gasteiger partial charge in [-0.2, -0.15) is 0 Å². The first kappa shape index (κ1) is 24.8. The molecular weight excluding hydrogens is 400 g/mol. The fourth-order valence-corrected chi connectivity index (χ4v) is 4.83. The minimum absolute atomic E-state index is 0.0852. The number of imide groups is 1. The highest BCUT2D eigenvalue weighted by Crippen LogP contribution is 2.33. The molecule has 4 amide bonds. The summed E-state index contributed by atoms with van der Waals surface area (Å²) in [6, 6.07) is -1.76. The van der Waals surface area contributed by atoms with Gasteiger partial charge in [0.1, 0.15) is 6.04 Å². The van der Waals surface area contributed by atoms with Crippen molar-refractivity contribution in [3.63, 3.8) is 0 Å². The van der Waals surface area contributed by atoms with Crippen LogP contribution in [0.3, 0.4) is 0 Å². The van der Waals surface area contributed by atoms with Crippen molar-refractivity contribution < 1.29 is 24.3 Å². The molecule has 1 N–H and O–H groups in total. The van der Waals surface area contributed by atoms with Crippen molar-refractivity contribution in [3.05, 3.63) is 12.7 Å². The molecule has 2 aliphatic heterocycles. The van der Waals surface area contributed by atoms with Crippen molar-refractivity contribution in [1.82, 2.24) is 19.6 Å². The van der Waals surface area contributed by atoms with Crippen LogP contribution in [0.25, 0.3) is 0 Å². The van der Waals surface area contributed by atoms with Gasteiger partial charge in [0.05, 0.1) is 0 Å². The van der Waals surface area contributed by atoms with E-state index in [1.165, 1.54) is 13.0 Å². The number of urea groups is 1. The van der Waals surface area contributed by atoms with Crippen molar-refractivity contribution >= 4 is 23.8 Å². The molecule has 1 atom stereocenters. The highest BCUT2D eigenvalue weighted by molar-refractivity contribution is 5.97. The molecule has 0 radical (unpaired) electrons. The first-order chi connectivity index (χ1) is 14.6. The summed E-state index contributed by atoms with van der Waals surface area (Å²) in [5, 5.41) is 9.59. The highest BCUT2D eigenvalue weighted by Gasteiger charge is 2.46. The summed E-state index contributed by atoms with van der Waals surface area (Å²) in [6.45, 7) is 14.1. The molecule has 2 fully saturated rings. The van der Waals surface area contributed by atoms with Crippen LogP contribution in [0.4, 0.5) is 4.79 Å². The lowest BCUT2D eigenvalue weighted by Crippen LogP contribution is -2.67. The van der Waals surface area contributed by atoms with Gasteiger partial charge in [0, 0.05) is 45.2 Å². The van der Waals surface area contributed by atoms with E-state index < -0.39 is 29.9 Å². The molecular formula is C22H36N4O5. The van der Waals surface area contributed by atoms with Crippen LogP contribution in [0.5, 0.6) is 0 Å². The van der Waals surface area contributed by atoms with E-state index in [4.69, 9.17) is 0 Å². The number of amides is 4. The topological polar surface area (TPSA) is 101 Å². The number of carbonyl (C=O) groups is 4. The first-order valence-electron chi connectivity index (χ1n) is 11.1. The zero-order chi connectivity index (χ0) is 23.3. The Balaban J connectivity index is 2.19. The number of nitrogens with zero attached hydrogens (tertiary/aromatic N) is 4. The predicted molar refractivity (Wildman–Crippen MR) is 116 cm³/mol. The van der Waals surface area contributed by atoms with Crippen LogP contribution in [0.15, 0.2) is 12.7 Å². The van der Waals surface area contributed by atoms with Gasteiger partial charge in [0.15, 0.2) is 0 Å². The second-order valence-corrected chi connectivity index (χ2v) is 8.86. The smallest absolute Gasteiger partial charge is 0.327 e. The number of likely N-dealkylation sites (tertiary alicyclic amines) is 1. The van der Waals surface area contributed by atoms with E-state index in [9.17, 15) is 24.3 Å². The lowest BCUT2D eigenvalue weighted by atomic mass is 9.83. The highest BCUT2D eigenvalue weighted by atomic mass is 16.4. The van der Waals surface area contributed by atoms with Crippen molar-refractivity contribution in [2.24, 2.45) is 5.92 Å². The fraction of sp³-hybridized carbons (Fsp3) is 0.727. The molecule has 0 aromatic carbocycles. The number of hydrogen-bond acceptors (Lipinski definition) is 5. The van der Waals surface area contributed by atoms with Crippen molar-refractivity contribution in [1.29, 1.82) is 0 Å². The Morgan fingerprint density at radius 3 is 2.16 bits per heavy atom. The van der Waals surface area contributed by atoms with Crippen LogP contribution in [-0.2, 0) is 14.4 Å². The largest absolute Gasteiger partial charge is 0.480 e. The summed E-state index contributed by atoms with van der Waals surface area (Å²) in [5.74, 6) is -2.25. The van der Waals surface area contributed by atoms with E-state index >= 15 is 0 Å². The second kappa shape index (κ2) is 10.3. The third-order valence-corrected chi connectivity index (χ3v) is 6.45. The van der Waals surface area contributed by atoms with Gasteiger partial charge in [-0.25, -0.2) is 14.5 Å². The summed E-state index contributed by atoms with van der Waals surface area (Å²) >= 11 is 0. The lowest BCUT2D eigenvalue weighted by Gasteiger charge is -2.54. The van der Waals surface area contributed by atoms with Crippen LogP contribution in [0.1, 0.15) is 47.0 Å². The Morgan fingerprint density at radius 1 is 1.10 bits per heavy atom. The van der Waals surface area contributed by atoms with E-state index in [0.29, 0.717) is 39.0 Å². The molecule has 0 unspecified atom stereocenters. The minimum atomic E-state index is -1.20. The van der Waals surface area contributed by atoms with Gasteiger partial charge in [-0.15, -0.1) is 0 Å². The summed E-state index contributed by atoms with van der Waals surface area (Å²) in [7, 11) is 0. The molecule has 2 heterocycles. The maximum Gasteiger partial charge on any atom is 0.327 e. The molecule has 2 aliphatic rings. The molecule has 2 saturated heterocycles. The summed E-state index contributed by atoms with van der Waals surface area (Å²) in [5.41, 5.74) is -0.227. The van der Waals surface area contributed by atoms with Crippen molar-refractivity contribution in [2.45, 2.75) is 58.5 Å². The Bertz CT molecular complexity index is 715. The molecule has 0 bridgehead atoms. The maximum absolute atomic E-state index is 13.2. The standard InChI is InChI=1S/C22H36N4O5/c1-6-10-25-14-13-24(18(28)7-2)15-22(25)8-11-23(12-9-22)21(31)26(17(5)27)19(16(3)4)20(29)30/h7,16,19H,2,6,8-15H2,1,3-5H3,(H,29,30)/t19-/m0/s1. The number of aliphatic carboxylic acids is 1. The average Bonchev–Trinajstić information content (AvgIpc) is 2.72. The third kappa shape index (κ3) is 5.26. The Labute approximate surface area is 184 Å². The number of carbonyl (C=O) groups excluding carboxylic acids is 3. The van der Waals surface area contributed by atoms with E-state index in [2.05, 4.69) is 18.4 Å². The molecule has 0 saturated carbocycles. The summed E-state index contributed by atoms with van der Waals surface area (Å²) in [4.78, 5) is 56.0. The SMILES string of the molecule is C=CC(=O)N1CCN(CCC)C2(CCN(C(=O)N(C(C)=O)[C@H](C(=O)O)C(C)C)CC2)C1. The Morgan fingerprint density at radius 2 is 1.71 bits per heavy atom. The van der Waals surface area contributed by atoms with Gasteiger partial charge in [-0.3, -0.25) is 14.5 Å². The zero-order valence-corrected chi connectivity index (χ0v) is 19.2. The normalized spacial score (nSPS) is 19.9. The Hall–Kier alpha value is -2.42. The van der Waals surface area contributed by atoms with Gasteiger partial charge in [0.2, 0.25) is 11.8 Å². The summed E-state index contributed by atoms with van der Waals surface area (Å²) < 4.78 is 0. The Kier molecular flexibility index (Phi) is 8.22. The van der Waals surface area contributed by atoms with E-state index in [1.807, 2.05) is 4.90 Å². The van der Waals surface area contributed by atoms with Crippen molar-refractivity contribution in [3.8, 4) is 0 Å². The number of rotatable bonds is 6. The first-order valence-corrected chi connectivity index (χ1v) is 11.1. The molecule has 9 heteroatoms.